The maximum absolute atomic E-state index is 10.7. The van der Waals surface area contributed by atoms with Gasteiger partial charge in [-0.3, -0.25) is 0 Å². The maximum Gasteiger partial charge on any atom is 0.191 e. The Bertz CT molecular complexity index is 1210. The van der Waals surface area contributed by atoms with Gasteiger partial charge < -0.3 is 20.6 Å². The molecule has 5 rings (SSSR count). The predicted octanol–water partition coefficient (Wildman–Crippen LogP) is 3.20. The molecule has 2 aliphatic carbocycles. The summed E-state index contributed by atoms with van der Waals surface area (Å²) in [6.45, 7) is 1.69. The summed E-state index contributed by atoms with van der Waals surface area (Å²) in [6.07, 6.45) is 0.447. The van der Waals surface area contributed by atoms with Gasteiger partial charge in [0.05, 0.1) is 22.8 Å². The molecular formula is C22H26Cl2N6O3S. The van der Waals surface area contributed by atoms with Crippen molar-refractivity contribution in [2.24, 2.45) is 0 Å². The fourth-order valence-corrected chi connectivity index (χ4v) is 5.63. The van der Waals surface area contributed by atoms with Crippen LogP contribution in [0.3, 0.4) is 0 Å². The van der Waals surface area contributed by atoms with Gasteiger partial charge >= 0.3 is 0 Å². The lowest BCUT2D eigenvalue weighted by molar-refractivity contribution is -0.0418. The van der Waals surface area contributed by atoms with E-state index in [9.17, 15) is 15.3 Å². The van der Waals surface area contributed by atoms with Crippen LogP contribution in [0.15, 0.2) is 23.4 Å². The van der Waals surface area contributed by atoms with E-state index in [4.69, 9.17) is 28.2 Å². The Morgan fingerprint density at radius 1 is 1.24 bits per heavy atom. The molecule has 0 bridgehead atoms. The van der Waals surface area contributed by atoms with Crippen LogP contribution in [0, 0.1) is 0 Å². The molecule has 0 saturated heterocycles. The van der Waals surface area contributed by atoms with E-state index in [-0.39, 0.29) is 12.0 Å². The number of hydrogen-bond acceptors (Lipinski definition) is 9. The Balaban J connectivity index is 1.50. The monoisotopic (exact) mass is 524 g/mol. The summed E-state index contributed by atoms with van der Waals surface area (Å²) in [5, 5.41) is 44.8. The Hall–Kier alpha value is -1.69. The van der Waals surface area contributed by atoms with Crippen LogP contribution in [0.2, 0.25) is 10.0 Å². The third-order valence-electron chi connectivity index (χ3n) is 6.68. The second kappa shape index (κ2) is 9.40. The molecule has 34 heavy (non-hydrogen) atoms. The molecule has 2 fully saturated rings. The first-order chi connectivity index (χ1) is 16.4. The van der Waals surface area contributed by atoms with E-state index in [1.807, 2.05) is 12.1 Å². The zero-order valence-electron chi connectivity index (χ0n) is 18.5. The molecule has 1 aromatic carbocycles. The maximum atomic E-state index is 10.7. The van der Waals surface area contributed by atoms with Crippen LogP contribution in [0.25, 0.3) is 11.2 Å². The number of aromatic nitrogens is 5. The quantitative estimate of drug-likeness (QED) is 0.259. The van der Waals surface area contributed by atoms with Gasteiger partial charge in [0, 0.05) is 17.7 Å². The number of nitrogens with zero attached hydrogens (tertiary/aromatic N) is 5. The first kappa shape index (κ1) is 24.0. The van der Waals surface area contributed by atoms with Gasteiger partial charge in [0.25, 0.3) is 0 Å². The van der Waals surface area contributed by atoms with Gasteiger partial charge in [-0.1, -0.05) is 53.2 Å². The SMILES string of the molecule is CCCSc1nc(NC2CC2c2ccc(Cl)c(Cl)c2)c2nnn([C@@]3(CO)CC[C@@H](O)[C@H]3O)c2n1. The van der Waals surface area contributed by atoms with E-state index in [2.05, 4.69) is 27.5 Å². The van der Waals surface area contributed by atoms with E-state index in [1.54, 1.807) is 6.07 Å². The first-order valence-corrected chi connectivity index (χ1v) is 13.1. The largest absolute Gasteiger partial charge is 0.394 e. The van der Waals surface area contributed by atoms with Crippen LogP contribution in [0.5, 0.6) is 0 Å². The van der Waals surface area contributed by atoms with Gasteiger partial charge in [0.1, 0.15) is 11.6 Å². The van der Waals surface area contributed by atoms with Gasteiger partial charge in [-0.25, -0.2) is 14.6 Å². The number of aliphatic hydroxyl groups is 3. The minimum Gasteiger partial charge on any atom is -0.394 e. The number of rotatable bonds is 8. The summed E-state index contributed by atoms with van der Waals surface area (Å²) in [6, 6.07) is 5.81. The van der Waals surface area contributed by atoms with Gasteiger partial charge in [-0.2, -0.15) is 0 Å². The molecule has 0 aliphatic heterocycles. The van der Waals surface area contributed by atoms with Crippen molar-refractivity contribution in [2.45, 2.75) is 67.5 Å². The number of aliphatic hydroxyl groups excluding tert-OH is 3. The normalized spacial score (nSPS) is 28.5. The molecule has 3 aromatic rings. The Kier molecular flexibility index (Phi) is 6.64. The highest BCUT2D eigenvalue weighted by Crippen LogP contribution is 2.45. The fourth-order valence-electron chi connectivity index (χ4n) is 4.63. The van der Waals surface area contributed by atoms with Gasteiger partial charge in [-0.05, 0) is 43.4 Å². The van der Waals surface area contributed by atoms with E-state index in [1.165, 1.54) is 16.4 Å². The third-order valence-corrected chi connectivity index (χ3v) is 8.48. The molecule has 12 heteroatoms. The lowest BCUT2D eigenvalue weighted by Crippen LogP contribution is -2.48. The minimum atomic E-state index is -1.19. The average molecular weight is 525 g/mol. The Labute approximate surface area is 210 Å². The summed E-state index contributed by atoms with van der Waals surface area (Å²) in [5.41, 5.74) is 0.796. The molecule has 0 amide bonds. The molecule has 2 aliphatic rings. The third kappa shape index (κ3) is 4.14. The number of hydrogen-bond donors (Lipinski definition) is 4. The number of thioether (sulfide) groups is 1. The molecule has 182 valence electrons. The molecule has 0 radical (unpaired) electrons. The molecule has 2 heterocycles. The zero-order chi connectivity index (χ0) is 24.0. The number of fused-ring (bicyclic) bond motifs is 1. The number of anilines is 1. The van der Waals surface area contributed by atoms with E-state index in [0.29, 0.717) is 45.0 Å². The van der Waals surface area contributed by atoms with E-state index in [0.717, 1.165) is 24.2 Å². The van der Waals surface area contributed by atoms with Crippen molar-refractivity contribution in [3.63, 3.8) is 0 Å². The second-order valence-electron chi connectivity index (χ2n) is 8.96. The number of halogens is 2. The lowest BCUT2D eigenvalue weighted by Gasteiger charge is -2.31. The topological polar surface area (TPSA) is 129 Å². The Morgan fingerprint density at radius 3 is 2.74 bits per heavy atom. The van der Waals surface area contributed by atoms with Gasteiger partial charge in [-0.15, -0.1) is 5.10 Å². The molecule has 2 saturated carbocycles. The average Bonchev–Trinajstić information content (AvgIpc) is 3.36. The first-order valence-electron chi connectivity index (χ1n) is 11.3. The number of benzene rings is 1. The minimum absolute atomic E-state index is 0.134. The molecule has 2 aromatic heterocycles. The van der Waals surface area contributed by atoms with Crippen LogP contribution < -0.4 is 5.32 Å². The number of nitrogens with one attached hydrogen (secondary N) is 1. The molecule has 2 unspecified atom stereocenters. The van der Waals surface area contributed by atoms with Crippen LogP contribution in [0.4, 0.5) is 5.82 Å². The molecular weight excluding hydrogens is 499 g/mol. The molecule has 4 N–H and O–H groups in total. The smallest absolute Gasteiger partial charge is 0.191 e. The van der Waals surface area contributed by atoms with Crippen LogP contribution >= 0.6 is 35.0 Å². The highest BCUT2D eigenvalue weighted by molar-refractivity contribution is 7.99. The van der Waals surface area contributed by atoms with Crippen LogP contribution in [-0.2, 0) is 5.54 Å². The van der Waals surface area contributed by atoms with Crippen LogP contribution in [-0.4, -0.2) is 70.9 Å². The summed E-state index contributed by atoms with van der Waals surface area (Å²) < 4.78 is 1.47. The Morgan fingerprint density at radius 2 is 2.06 bits per heavy atom. The highest BCUT2D eigenvalue weighted by Gasteiger charge is 2.51. The lowest BCUT2D eigenvalue weighted by atomic mass is 9.96. The second-order valence-corrected chi connectivity index (χ2v) is 10.8. The summed E-state index contributed by atoms with van der Waals surface area (Å²) in [5.74, 6) is 1.66. The predicted molar refractivity (Wildman–Crippen MR) is 132 cm³/mol. The van der Waals surface area contributed by atoms with E-state index < -0.39 is 24.4 Å². The van der Waals surface area contributed by atoms with Gasteiger partial charge in [0.2, 0.25) is 0 Å². The summed E-state index contributed by atoms with van der Waals surface area (Å²) in [7, 11) is 0. The van der Waals surface area contributed by atoms with Crippen molar-refractivity contribution in [1.29, 1.82) is 0 Å². The highest BCUT2D eigenvalue weighted by atomic mass is 35.5. The van der Waals surface area contributed by atoms with Crippen LogP contribution in [0.1, 0.15) is 44.1 Å². The van der Waals surface area contributed by atoms with Crippen molar-refractivity contribution in [3.05, 3.63) is 33.8 Å². The standard InChI is InChI=1S/C22H26Cl2N6O3S/c1-2-7-34-21-26-19(25-15-9-12(15)11-3-4-13(23)14(24)8-11)17-20(27-21)30(29-28-17)22(10-31)6-5-16(32)18(22)33/h3-4,8,12,15-16,18,31-33H,2,5-7,9-10H2,1H3,(H,25,26,27)/t12?,15?,16-,18-,22-/m1/s1. The van der Waals surface area contributed by atoms with Crippen molar-refractivity contribution < 1.29 is 15.3 Å². The summed E-state index contributed by atoms with van der Waals surface area (Å²) >= 11 is 13.8. The zero-order valence-corrected chi connectivity index (χ0v) is 20.9. The molecule has 9 nitrogen and oxygen atoms in total. The molecule has 5 atom stereocenters. The fraction of sp³-hybridized carbons (Fsp3) is 0.545. The van der Waals surface area contributed by atoms with Crippen molar-refractivity contribution >= 4 is 51.9 Å². The summed E-state index contributed by atoms with van der Waals surface area (Å²) in [4.78, 5) is 9.37. The van der Waals surface area contributed by atoms with Crippen molar-refractivity contribution in [2.75, 3.05) is 17.7 Å². The van der Waals surface area contributed by atoms with E-state index >= 15 is 0 Å². The van der Waals surface area contributed by atoms with Crippen molar-refractivity contribution in [3.8, 4) is 0 Å². The molecule has 0 spiro atoms. The van der Waals surface area contributed by atoms with Crippen molar-refractivity contribution in [1.82, 2.24) is 25.0 Å². The van der Waals surface area contributed by atoms with Gasteiger partial charge in [0.15, 0.2) is 22.1 Å².